The highest BCUT2D eigenvalue weighted by Gasteiger charge is 2.17. The van der Waals surface area contributed by atoms with Crippen LogP contribution in [-0.2, 0) is 6.42 Å². The van der Waals surface area contributed by atoms with Crippen molar-refractivity contribution in [2.45, 2.75) is 12.5 Å². The van der Waals surface area contributed by atoms with Crippen LogP contribution in [0.1, 0.15) is 17.2 Å². The van der Waals surface area contributed by atoms with E-state index in [0.29, 0.717) is 20.9 Å². The Bertz CT molecular complexity index is 600. The molecule has 0 saturated carbocycles. The normalized spacial score (nSPS) is 12.4. The van der Waals surface area contributed by atoms with Crippen molar-refractivity contribution in [3.05, 3.63) is 68.1 Å². The molecular weight excluding hydrogens is 394 g/mol. The number of nitrogens with one attached hydrogen (secondary N) is 1. The highest BCUT2D eigenvalue weighted by molar-refractivity contribution is 9.10. The van der Waals surface area contributed by atoms with Gasteiger partial charge in [-0.25, -0.2) is 8.78 Å². The lowest BCUT2D eigenvalue weighted by Crippen LogP contribution is -2.30. The van der Waals surface area contributed by atoms with E-state index in [1.807, 2.05) is 0 Å². The summed E-state index contributed by atoms with van der Waals surface area (Å²) in [6, 6.07) is 9.11. The molecule has 6 heteroatoms. The summed E-state index contributed by atoms with van der Waals surface area (Å²) >= 11 is 6.38. The third-order valence-corrected chi connectivity index (χ3v) is 3.99. The number of rotatable bonds is 4. The largest absolute Gasteiger partial charge is 0.271 e. The van der Waals surface area contributed by atoms with Gasteiger partial charge in [0, 0.05) is 10.0 Å². The van der Waals surface area contributed by atoms with Crippen molar-refractivity contribution < 1.29 is 8.78 Å². The number of hydrogen-bond donors (Lipinski definition) is 2. The van der Waals surface area contributed by atoms with Crippen LogP contribution >= 0.6 is 31.9 Å². The summed E-state index contributed by atoms with van der Waals surface area (Å²) in [4.78, 5) is 0. The third-order valence-electron chi connectivity index (χ3n) is 2.92. The van der Waals surface area contributed by atoms with Crippen LogP contribution in [0.25, 0.3) is 0 Å². The molecule has 0 saturated heterocycles. The molecule has 0 amide bonds. The Balaban J connectivity index is 2.31. The van der Waals surface area contributed by atoms with Crippen LogP contribution in [-0.4, -0.2) is 0 Å². The van der Waals surface area contributed by atoms with Crippen molar-refractivity contribution in [2.24, 2.45) is 5.84 Å². The van der Waals surface area contributed by atoms with Crippen LogP contribution in [0.3, 0.4) is 0 Å². The maximum Gasteiger partial charge on any atom is 0.142 e. The molecule has 0 fully saturated rings. The average molecular weight is 406 g/mol. The Labute approximate surface area is 132 Å². The molecule has 0 aliphatic carbocycles. The summed E-state index contributed by atoms with van der Waals surface area (Å²) in [5, 5.41) is 0. The summed E-state index contributed by atoms with van der Waals surface area (Å²) in [5.74, 6) is 4.79. The first kappa shape index (κ1) is 15.6. The predicted octanol–water partition coefficient (Wildman–Crippen LogP) is 4.24. The standard InChI is InChI=1S/C14H12Br2F2N2/c15-9-4-8(5-10(17)7-9)6-13(20-19)11-2-1-3-12(16)14(11)18/h1-5,7,13,20H,6,19H2. The molecule has 0 aromatic heterocycles. The van der Waals surface area contributed by atoms with E-state index in [0.717, 1.165) is 5.56 Å². The van der Waals surface area contributed by atoms with E-state index in [1.165, 1.54) is 12.1 Å². The number of nitrogens with two attached hydrogens (primary N) is 1. The number of hydrogen-bond acceptors (Lipinski definition) is 2. The van der Waals surface area contributed by atoms with Crippen molar-refractivity contribution in [1.29, 1.82) is 0 Å². The Kier molecular flexibility index (Phi) is 5.26. The van der Waals surface area contributed by atoms with Crippen molar-refractivity contribution in [2.75, 3.05) is 0 Å². The summed E-state index contributed by atoms with van der Waals surface area (Å²) < 4.78 is 28.4. The maximum absolute atomic E-state index is 14.1. The van der Waals surface area contributed by atoms with E-state index in [-0.39, 0.29) is 11.6 Å². The van der Waals surface area contributed by atoms with Gasteiger partial charge in [-0.1, -0.05) is 28.1 Å². The van der Waals surface area contributed by atoms with Crippen molar-refractivity contribution in [3.8, 4) is 0 Å². The predicted molar refractivity (Wildman–Crippen MR) is 82.0 cm³/mol. The van der Waals surface area contributed by atoms with Crippen LogP contribution in [0.5, 0.6) is 0 Å². The van der Waals surface area contributed by atoms with Crippen LogP contribution in [0.15, 0.2) is 45.3 Å². The Hall–Kier alpha value is -0.820. The minimum Gasteiger partial charge on any atom is -0.271 e. The third kappa shape index (κ3) is 3.63. The zero-order valence-electron chi connectivity index (χ0n) is 10.3. The van der Waals surface area contributed by atoms with Crippen LogP contribution in [0.2, 0.25) is 0 Å². The smallest absolute Gasteiger partial charge is 0.142 e. The molecule has 0 spiro atoms. The minimum absolute atomic E-state index is 0.347. The quantitative estimate of drug-likeness (QED) is 0.589. The second kappa shape index (κ2) is 6.76. The lowest BCUT2D eigenvalue weighted by atomic mass is 9.99. The average Bonchev–Trinajstić information content (AvgIpc) is 2.38. The molecule has 0 aliphatic rings. The van der Waals surface area contributed by atoms with E-state index in [4.69, 9.17) is 5.84 Å². The van der Waals surface area contributed by atoms with Crippen molar-refractivity contribution >= 4 is 31.9 Å². The van der Waals surface area contributed by atoms with Crippen molar-refractivity contribution in [1.82, 2.24) is 5.43 Å². The van der Waals surface area contributed by atoms with E-state index < -0.39 is 6.04 Å². The van der Waals surface area contributed by atoms with E-state index in [9.17, 15) is 8.78 Å². The van der Waals surface area contributed by atoms with Gasteiger partial charge in [-0.05, 0) is 52.2 Å². The van der Waals surface area contributed by atoms with Gasteiger partial charge in [-0.2, -0.15) is 0 Å². The molecule has 2 aromatic carbocycles. The molecule has 2 nitrogen and oxygen atoms in total. The van der Waals surface area contributed by atoms with Gasteiger partial charge in [-0.15, -0.1) is 0 Å². The van der Waals surface area contributed by atoms with Gasteiger partial charge >= 0.3 is 0 Å². The summed E-state index contributed by atoms with van der Waals surface area (Å²) in [6.45, 7) is 0. The molecular formula is C14H12Br2F2N2. The van der Waals surface area contributed by atoms with Gasteiger partial charge < -0.3 is 0 Å². The molecule has 20 heavy (non-hydrogen) atoms. The molecule has 2 rings (SSSR count). The highest BCUT2D eigenvalue weighted by atomic mass is 79.9. The molecule has 0 aliphatic heterocycles. The lowest BCUT2D eigenvalue weighted by molar-refractivity contribution is 0.507. The Morgan fingerprint density at radius 3 is 2.55 bits per heavy atom. The van der Waals surface area contributed by atoms with Crippen LogP contribution in [0, 0.1) is 11.6 Å². The van der Waals surface area contributed by atoms with Gasteiger partial charge in [-0.3, -0.25) is 11.3 Å². The van der Waals surface area contributed by atoms with Gasteiger partial charge in [0.1, 0.15) is 11.6 Å². The summed E-state index contributed by atoms with van der Waals surface area (Å²) in [5.41, 5.74) is 3.73. The first-order chi connectivity index (χ1) is 9.51. The second-order valence-electron chi connectivity index (χ2n) is 4.34. The van der Waals surface area contributed by atoms with Crippen LogP contribution in [0.4, 0.5) is 8.78 Å². The summed E-state index contributed by atoms with van der Waals surface area (Å²) in [6.07, 6.45) is 0.375. The van der Waals surface area contributed by atoms with Gasteiger partial charge in [0.15, 0.2) is 0 Å². The molecule has 0 bridgehead atoms. The first-order valence-electron chi connectivity index (χ1n) is 5.86. The van der Waals surface area contributed by atoms with Crippen LogP contribution < -0.4 is 11.3 Å². The molecule has 3 N–H and O–H groups in total. The molecule has 2 aromatic rings. The minimum atomic E-state index is -0.443. The number of halogens is 4. The Morgan fingerprint density at radius 1 is 1.15 bits per heavy atom. The second-order valence-corrected chi connectivity index (χ2v) is 6.11. The van der Waals surface area contributed by atoms with Crippen molar-refractivity contribution in [3.63, 3.8) is 0 Å². The molecule has 106 valence electrons. The van der Waals surface area contributed by atoms with Gasteiger partial charge in [0.25, 0.3) is 0 Å². The number of benzene rings is 2. The molecule has 0 heterocycles. The van der Waals surface area contributed by atoms with E-state index in [1.54, 1.807) is 24.3 Å². The SMILES string of the molecule is NNC(Cc1cc(F)cc(Br)c1)c1cccc(Br)c1F. The van der Waals surface area contributed by atoms with E-state index >= 15 is 0 Å². The lowest BCUT2D eigenvalue weighted by Gasteiger charge is -2.18. The molecule has 1 unspecified atom stereocenters. The first-order valence-corrected chi connectivity index (χ1v) is 7.45. The van der Waals surface area contributed by atoms with E-state index in [2.05, 4.69) is 37.3 Å². The Morgan fingerprint density at radius 2 is 1.90 bits per heavy atom. The highest BCUT2D eigenvalue weighted by Crippen LogP contribution is 2.26. The van der Waals surface area contributed by atoms with Gasteiger partial charge in [0.05, 0.1) is 10.5 Å². The zero-order chi connectivity index (χ0) is 14.7. The fourth-order valence-corrected chi connectivity index (χ4v) is 2.91. The van der Waals surface area contributed by atoms with Gasteiger partial charge in [0.2, 0.25) is 0 Å². The topological polar surface area (TPSA) is 38.0 Å². The maximum atomic E-state index is 14.1. The molecule has 1 atom stereocenters. The monoisotopic (exact) mass is 404 g/mol. The fraction of sp³-hybridized carbons (Fsp3) is 0.143. The molecule has 0 radical (unpaired) electrons. The number of hydrazine groups is 1. The summed E-state index contributed by atoms with van der Waals surface area (Å²) in [7, 11) is 0. The zero-order valence-corrected chi connectivity index (χ0v) is 13.5. The fourth-order valence-electron chi connectivity index (χ4n) is 2.01.